The molecule has 0 radical (unpaired) electrons. The zero-order chi connectivity index (χ0) is 18.7. The average molecular weight is 370 g/mol. The molecular formula is C19H20ClN5O. The number of tetrazole rings is 1. The van der Waals surface area contributed by atoms with Gasteiger partial charge < -0.3 is 5.32 Å². The molecule has 0 aliphatic heterocycles. The maximum Gasteiger partial charge on any atom is 0.248 e. The Kier molecular flexibility index (Phi) is 5.32. The van der Waals surface area contributed by atoms with E-state index < -0.39 is 0 Å². The standard InChI is InChI=1S/C19H20ClN5O/c1-12(2)14-5-7-15(8-6-14)19-22-24-25(23-19)11-18(26)21-17-9-4-13(3)10-16(17)20/h4-10,12H,11H2,1-3H3,(H,21,26). The molecular weight excluding hydrogens is 350 g/mol. The average Bonchev–Trinajstić information content (AvgIpc) is 3.06. The molecule has 7 heteroatoms. The maximum absolute atomic E-state index is 12.2. The van der Waals surface area contributed by atoms with Gasteiger partial charge in [-0.1, -0.05) is 55.8 Å². The van der Waals surface area contributed by atoms with Gasteiger partial charge in [0.1, 0.15) is 6.54 Å². The van der Waals surface area contributed by atoms with Gasteiger partial charge >= 0.3 is 0 Å². The van der Waals surface area contributed by atoms with Crippen LogP contribution in [-0.4, -0.2) is 26.1 Å². The van der Waals surface area contributed by atoms with Crippen molar-refractivity contribution in [1.29, 1.82) is 0 Å². The molecule has 0 aliphatic carbocycles. The molecule has 3 rings (SSSR count). The van der Waals surface area contributed by atoms with Gasteiger partial charge in [-0.05, 0) is 41.3 Å². The van der Waals surface area contributed by atoms with Crippen LogP contribution in [0.5, 0.6) is 0 Å². The Labute approximate surface area is 157 Å². The molecule has 134 valence electrons. The van der Waals surface area contributed by atoms with E-state index in [2.05, 4.69) is 34.6 Å². The van der Waals surface area contributed by atoms with Crippen molar-refractivity contribution in [3.63, 3.8) is 0 Å². The van der Waals surface area contributed by atoms with Crippen LogP contribution < -0.4 is 5.32 Å². The Morgan fingerprint density at radius 3 is 2.58 bits per heavy atom. The van der Waals surface area contributed by atoms with E-state index in [9.17, 15) is 4.79 Å². The molecule has 0 aliphatic rings. The first-order chi connectivity index (χ1) is 12.4. The molecule has 3 aromatic rings. The van der Waals surface area contributed by atoms with Gasteiger partial charge in [0.05, 0.1) is 10.7 Å². The summed E-state index contributed by atoms with van der Waals surface area (Å²) in [7, 11) is 0. The third-order valence-electron chi connectivity index (χ3n) is 3.97. The summed E-state index contributed by atoms with van der Waals surface area (Å²) in [5.74, 6) is 0.682. The van der Waals surface area contributed by atoms with Crippen molar-refractivity contribution in [2.75, 3.05) is 5.32 Å². The van der Waals surface area contributed by atoms with E-state index in [0.29, 0.717) is 22.5 Å². The van der Waals surface area contributed by atoms with Crippen LogP contribution in [0.1, 0.15) is 30.9 Å². The first kappa shape index (κ1) is 18.1. The lowest BCUT2D eigenvalue weighted by atomic mass is 10.0. The van der Waals surface area contributed by atoms with Gasteiger partial charge in [-0.25, -0.2) is 0 Å². The van der Waals surface area contributed by atoms with E-state index >= 15 is 0 Å². The third kappa shape index (κ3) is 4.26. The number of halogens is 1. The lowest BCUT2D eigenvalue weighted by Crippen LogP contribution is -2.20. The molecule has 1 N–H and O–H groups in total. The van der Waals surface area contributed by atoms with Crippen LogP contribution in [0.15, 0.2) is 42.5 Å². The highest BCUT2D eigenvalue weighted by Crippen LogP contribution is 2.23. The van der Waals surface area contributed by atoms with Crippen molar-refractivity contribution in [3.05, 3.63) is 58.6 Å². The summed E-state index contributed by atoms with van der Waals surface area (Å²) in [6, 6.07) is 13.5. The second-order valence-corrected chi connectivity index (χ2v) is 6.86. The lowest BCUT2D eigenvalue weighted by Gasteiger charge is -2.07. The fourth-order valence-corrected chi connectivity index (χ4v) is 2.76. The van der Waals surface area contributed by atoms with Crippen molar-refractivity contribution in [3.8, 4) is 11.4 Å². The van der Waals surface area contributed by atoms with E-state index in [4.69, 9.17) is 11.6 Å². The topological polar surface area (TPSA) is 72.7 Å². The van der Waals surface area contributed by atoms with E-state index in [1.807, 2.05) is 37.3 Å². The van der Waals surface area contributed by atoms with Crippen LogP contribution in [0.4, 0.5) is 5.69 Å². The largest absolute Gasteiger partial charge is 0.323 e. The Bertz CT molecular complexity index is 918. The Morgan fingerprint density at radius 2 is 1.92 bits per heavy atom. The van der Waals surface area contributed by atoms with Gasteiger partial charge in [0.2, 0.25) is 11.7 Å². The van der Waals surface area contributed by atoms with Gasteiger partial charge in [0.15, 0.2) is 0 Å². The monoisotopic (exact) mass is 369 g/mol. The number of hydrogen-bond donors (Lipinski definition) is 1. The summed E-state index contributed by atoms with van der Waals surface area (Å²) >= 11 is 6.13. The summed E-state index contributed by atoms with van der Waals surface area (Å²) in [6.45, 7) is 6.18. The van der Waals surface area contributed by atoms with Gasteiger partial charge in [-0.2, -0.15) is 4.80 Å². The fraction of sp³-hybridized carbons (Fsp3) is 0.263. The minimum absolute atomic E-state index is 0.0404. The predicted molar refractivity (Wildman–Crippen MR) is 102 cm³/mol. The fourth-order valence-electron chi connectivity index (χ4n) is 2.48. The highest BCUT2D eigenvalue weighted by Gasteiger charge is 2.11. The zero-order valence-electron chi connectivity index (χ0n) is 14.9. The Balaban J connectivity index is 1.67. The second kappa shape index (κ2) is 7.66. The number of nitrogens with one attached hydrogen (secondary N) is 1. The molecule has 0 bridgehead atoms. The number of anilines is 1. The first-order valence-electron chi connectivity index (χ1n) is 8.36. The normalized spacial score (nSPS) is 11.0. The summed E-state index contributed by atoms with van der Waals surface area (Å²) in [5.41, 5.74) is 3.70. The summed E-state index contributed by atoms with van der Waals surface area (Å²) in [5, 5.41) is 15.5. The number of aryl methyl sites for hydroxylation is 1. The van der Waals surface area contributed by atoms with Crippen LogP contribution >= 0.6 is 11.6 Å². The number of benzene rings is 2. The Morgan fingerprint density at radius 1 is 1.19 bits per heavy atom. The molecule has 1 aromatic heterocycles. The number of rotatable bonds is 5. The quantitative estimate of drug-likeness (QED) is 0.735. The van der Waals surface area contributed by atoms with E-state index in [-0.39, 0.29) is 12.5 Å². The second-order valence-electron chi connectivity index (χ2n) is 6.45. The van der Waals surface area contributed by atoms with Crippen LogP contribution in [0.25, 0.3) is 11.4 Å². The third-order valence-corrected chi connectivity index (χ3v) is 4.28. The summed E-state index contributed by atoms with van der Waals surface area (Å²) < 4.78 is 0. The van der Waals surface area contributed by atoms with E-state index in [1.165, 1.54) is 10.4 Å². The molecule has 0 saturated carbocycles. The molecule has 0 spiro atoms. The molecule has 2 aromatic carbocycles. The number of carbonyl (C=O) groups excluding carboxylic acids is 1. The lowest BCUT2D eigenvalue weighted by molar-refractivity contribution is -0.117. The number of nitrogens with zero attached hydrogens (tertiary/aromatic N) is 4. The number of hydrogen-bond acceptors (Lipinski definition) is 4. The van der Waals surface area contributed by atoms with Crippen LogP contribution in [-0.2, 0) is 11.3 Å². The number of amides is 1. The zero-order valence-corrected chi connectivity index (χ0v) is 15.7. The molecule has 0 saturated heterocycles. The highest BCUT2D eigenvalue weighted by molar-refractivity contribution is 6.33. The summed E-state index contributed by atoms with van der Waals surface area (Å²) in [6.07, 6.45) is 0. The minimum atomic E-state index is -0.269. The van der Waals surface area contributed by atoms with Crippen LogP contribution in [0.2, 0.25) is 5.02 Å². The van der Waals surface area contributed by atoms with Crippen molar-refractivity contribution in [2.24, 2.45) is 0 Å². The van der Waals surface area contributed by atoms with E-state index in [0.717, 1.165) is 11.1 Å². The number of carbonyl (C=O) groups is 1. The first-order valence-corrected chi connectivity index (χ1v) is 8.74. The van der Waals surface area contributed by atoms with E-state index in [1.54, 1.807) is 12.1 Å². The molecule has 1 amide bonds. The van der Waals surface area contributed by atoms with Crippen LogP contribution in [0, 0.1) is 6.92 Å². The van der Waals surface area contributed by atoms with Gasteiger partial charge in [-0.15, -0.1) is 10.2 Å². The van der Waals surface area contributed by atoms with Crippen molar-refractivity contribution < 1.29 is 4.79 Å². The molecule has 1 heterocycles. The van der Waals surface area contributed by atoms with Crippen molar-refractivity contribution in [2.45, 2.75) is 33.2 Å². The highest BCUT2D eigenvalue weighted by atomic mass is 35.5. The SMILES string of the molecule is Cc1ccc(NC(=O)Cn2nnc(-c3ccc(C(C)C)cc3)n2)c(Cl)c1. The maximum atomic E-state index is 12.2. The molecule has 6 nitrogen and oxygen atoms in total. The molecule has 0 atom stereocenters. The van der Waals surface area contributed by atoms with Crippen molar-refractivity contribution in [1.82, 2.24) is 20.2 Å². The van der Waals surface area contributed by atoms with Crippen molar-refractivity contribution >= 4 is 23.2 Å². The molecule has 26 heavy (non-hydrogen) atoms. The smallest absolute Gasteiger partial charge is 0.248 e. The van der Waals surface area contributed by atoms with Crippen LogP contribution in [0.3, 0.4) is 0 Å². The number of aromatic nitrogens is 4. The Hall–Kier alpha value is -2.73. The van der Waals surface area contributed by atoms with Gasteiger partial charge in [0.25, 0.3) is 0 Å². The predicted octanol–water partition coefficient (Wildman–Crippen LogP) is 4.06. The van der Waals surface area contributed by atoms with Gasteiger partial charge in [0, 0.05) is 5.56 Å². The van der Waals surface area contributed by atoms with Gasteiger partial charge in [-0.3, -0.25) is 4.79 Å². The molecule has 0 unspecified atom stereocenters. The molecule has 0 fully saturated rings. The summed E-state index contributed by atoms with van der Waals surface area (Å²) in [4.78, 5) is 13.5. The minimum Gasteiger partial charge on any atom is -0.323 e.